The van der Waals surface area contributed by atoms with Gasteiger partial charge >= 0.3 is 5.97 Å². The molecule has 0 aliphatic carbocycles. The molecule has 0 saturated carbocycles. The van der Waals surface area contributed by atoms with Gasteiger partial charge in [0, 0.05) is 42.1 Å². The number of para-hydroxylation sites is 1. The minimum Gasteiger partial charge on any atom is -0.457 e. The first-order valence-electron chi connectivity index (χ1n) is 10.1. The minimum absolute atomic E-state index is 0.0920. The van der Waals surface area contributed by atoms with Gasteiger partial charge in [-0.1, -0.05) is 25.1 Å². The van der Waals surface area contributed by atoms with E-state index in [0.717, 1.165) is 35.6 Å². The second-order valence-electron chi connectivity index (χ2n) is 7.45. The number of aryl methyl sites for hydroxylation is 2. The number of carbonyl (C=O) groups excluding carboxylic acids is 3. The average molecular weight is 396 g/mol. The van der Waals surface area contributed by atoms with E-state index in [1.54, 1.807) is 4.90 Å². The van der Waals surface area contributed by atoms with Gasteiger partial charge in [0.1, 0.15) is 0 Å². The van der Waals surface area contributed by atoms with Gasteiger partial charge in [-0.25, -0.2) is 0 Å². The van der Waals surface area contributed by atoms with Crippen molar-refractivity contribution < 1.29 is 19.1 Å². The highest BCUT2D eigenvalue weighted by atomic mass is 16.5. The number of Topliss-reactive ketones (excluding diaryl/α,β-unsaturated/α-hetero) is 1. The van der Waals surface area contributed by atoms with Crippen LogP contribution < -0.4 is 4.90 Å². The molecule has 3 rings (SSSR count). The summed E-state index contributed by atoms with van der Waals surface area (Å²) >= 11 is 0. The van der Waals surface area contributed by atoms with Crippen molar-refractivity contribution in [3.05, 3.63) is 52.8 Å². The second kappa shape index (κ2) is 8.64. The first-order valence-corrected chi connectivity index (χ1v) is 10.1. The molecule has 29 heavy (non-hydrogen) atoms. The van der Waals surface area contributed by atoms with Crippen LogP contribution in [0.1, 0.15) is 47.6 Å². The number of carbonyl (C=O) groups is 3. The summed E-state index contributed by atoms with van der Waals surface area (Å²) in [5, 5.41) is 0. The molecule has 1 saturated heterocycles. The number of ketones is 1. The highest BCUT2D eigenvalue weighted by Gasteiger charge is 2.37. The quantitative estimate of drug-likeness (QED) is 0.531. The number of esters is 1. The predicted octanol–water partition coefficient (Wildman–Crippen LogP) is 3.47. The summed E-state index contributed by atoms with van der Waals surface area (Å²) in [6.07, 6.45) is 0.912. The van der Waals surface area contributed by atoms with E-state index in [4.69, 9.17) is 4.74 Å². The largest absolute Gasteiger partial charge is 0.457 e. The highest BCUT2D eigenvalue weighted by Crippen LogP contribution is 2.29. The Kier molecular flexibility index (Phi) is 6.20. The molecule has 2 heterocycles. The fraction of sp³-hybridized carbons (Fsp3) is 0.435. The van der Waals surface area contributed by atoms with Gasteiger partial charge < -0.3 is 14.2 Å². The maximum atomic E-state index is 12.5. The van der Waals surface area contributed by atoms with E-state index in [0.29, 0.717) is 5.56 Å². The number of amides is 1. The highest BCUT2D eigenvalue weighted by molar-refractivity contribution is 6.01. The van der Waals surface area contributed by atoms with Crippen LogP contribution in [0.5, 0.6) is 0 Å². The maximum absolute atomic E-state index is 12.5. The van der Waals surface area contributed by atoms with Crippen LogP contribution in [0.4, 0.5) is 5.69 Å². The summed E-state index contributed by atoms with van der Waals surface area (Å²) < 4.78 is 7.34. The lowest BCUT2D eigenvalue weighted by Gasteiger charge is -2.19. The van der Waals surface area contributed by atoms with E-state index in [1.807, 2.05) is 62.6 Å². The van der Waals surface area contributed by atoms with E-state index in [9.17, 15) is 14.4 Å². The average Bonchev–Trinajstić information content (AvgIpc) is 3.24. The molecule has 0 spiro atoms. The van der Waals surface area contributed by atoms with E-state index in [1.165, 1.54) is 0 Å². The third-order valence-corrected chi connectivity index (χ3v) is 5.66. The molecule has 1 aliphatic rings. The summed E-state index contributed by atoms with van der Waals surface area (Å²) in [5.41, 5.74) is 4.38. The summed E-state index contributed by atoms with van der Waals surface area (Å²) in [7, 11) is 0. The summed E-state index contributed by atoms with van der Waals surface area (Å²) in [6.45, 7) is 8.66. The molecule has 0 N–H and O–H groups in total. The molecule has 6 heteroatoms. The number of rotatable bonds is 7. The number of hydrogen-bond donors (Lipinski definition) is 0. The van der Waals surface area contributed by atoms with Crippen LogP contribution in [-0.4, -0.2) is 35.4 Å². The van der Waals surface area contributed by atoms with Crippen molar-refractivity contribution >= 4 is 23.3 Å². The molecule has 1 aliphatic heterocycles. The molecule has 1 fully saturated rings. The van der Waals surface area contributed by atoms with Crippen LogP contribution in [0.3, 0.4) is 0 Å². The molecular formula is C23H28N2O4. The van der Waals surface area contributed by atoms with E-state index in [2.05, 4.69) is 0 Å². The van der Waals surface area contributed by atoms with Crippen LogP contribution in [0.2, 0.25) is 0 Å². The van der Waals surface area contributed by atoms with Crippen LogP contribution in [-0.2, 0) is 27.3 Å². The number of ether oxygens (including phenoxy) is 1. The zero-order valence-corrected chi connectivity index (χ0v) is 17.5. The molecule has 6 nitrogen and oxygen atoms in total. The standard InChI is InChI=1S/C23H28N2O4/c1-5-17-9-7-8-10-20(17)25-13-18(12-22(25)27)23(28)29-14-21(26)19-11-15(3)24(6-2)16(19)4/h7-11,18H,5-6,12-14H2,1-4H3/t18-/m1/s1. The molecule has 1 amide bonds. The number of aromatic nitrogens is 1. The number of hydrogen-bond acceptors (Lipinski definition) is 4. The van der Waals surface area contributed by atoms with E-state index >= 15 is 0 Å². The van der Waals surface area contributed by atoms with E-state index < -0.39 is 11.9 Å². The molecule has 2 aromatic rings. The van der Waals surface area contributed by atoms with Crippen LogP contribution in [0.25, 0.3) is 0 Å². The molecule has 0 radical (unpaired) electrons. The topological polar surface area (TPSA) is 68.6 Å². The monoisotopic (exact) mass is 396 g/mol. The molecule has 154 valence electrons. The van der Waals surface area contributed by atoms with Crippen molar-refractivity contribution in [2.75, 3.05) is 18.1 Å². The SMILES string of the molecule is CCc1ccccc1N1C[C@H](C(=O)OCC(=O)c2cc(C)n(CC)c2C)CC1=O. The van der Waals surface area contributed by atoms with Gasteiger partial charge in [-0.2, -0.15) is 0 Å². The van der Waals surface area contributed by atoms with Gasteiger partial charge in [0.05, 0.1) is 5.92 Å². The predicted molar refractivity (Wildman–Crippen MR) is 111 cm³/mol. The van der Waals surface area contributed by atoms with Crippen molar-refractivity contribution in [3.8, 4) is 0 Å². The Labute approximate surface area is 171 Å². The minimum atomic E-state index is -0.553. The third-order valence-electron chi connectivity index (χ3n) is 5.66. The molecule has 1 atom stereocenters. The van der Waals surface area contributed by atoms with Crippen molar-refractivity contribution in [2.24, 2.45) is 5.92 Å². The van der Waals surface area contributed by atoms with Crippen LogP contribution in [0.15, 0.2) is 30.3 Å². The molecule has 1 aromatic heterocycles. The lowest BCUT2D eigenvalue weighted by Crippen LogP contribution is -2.28. The lowest BCUT2D eigenvalue weighted by molar-refractivity contribution is -0.147. The Morgan fingerprint density at radius 3 is 2.55 bits per heavy atom. The molecular weight excluding hydrogens is 368 g/mol. The van der Waals surface area contributed by atoms with Gasteiger partial charge in [-0.05, 0) is 44.9 Å². The number of nitrogens with zero attached hydrogens (tertiary/aromatic N) is 2. The summed E-state index contributed by atoms with van der Waals surface area (Å²) in [6, 6.07) is 9.54. The smallest absolute Gasteiger partial charge is 0.311 e. The van der Waals surface area contributed by atoms with Gasteiger partial charge in [0.2, 0.25) is 11.7 Å². The second-order valence-corrected chi connectivity index (χ2v) is 7.45. The summed E-state index contributed by atoms with van der Waals surface area (Å²) in [5.74, 6) is -1.36. The lowest BCUT2D eigenvalue weighted by atomic mass is 10.1. The van der Waals surface area contributed by atoms with Crippen molar-refractivity contribution in [3.63, 3.8) is 0 Å². The molecule has 1 aromatic carbocycles. The zero-order valence-electron chi connectivity index (χ0n) is 17.5. The van der Waals surface area contributed by atoms with Crippen molar-refractivity contribution in [2.45, 2.75) is 47.1 Å². The summed E-state index contributed by atoms with van der Waals surface area (Å²) in [4.78, 5) is 39.2. The van der Waals surface area contributed by atoms with Gasteiger partial charge in [-0.15, -0.1) is 0 Å². The van der Waals surface area contributed by atoms with Crippen LogP contribution in [0, 0.1) is 19.8 Å². The van der Waals surface area contributed by atoms with Crippen molar-refractivity contribution in [1.82, 2.24) is 4.57 Å². The molecule has 0 bridgehead atoms. The van der Waals surface area contributed by atoms with Crippen molar-refractivity contribution in [1.29, 1.82) is 0 Å². The van der Waals surface area contributed by atoms with Gasteiger partial charge in [0.15, 0.2) is 6.61 Å². The Hall–Kier alpha value is -2.89. The first kappa shape index (κ1) is 20.8. The first-order chi connectivity index (χ1) is 13.9. The fourth-order valence-electron chi connectivity index (χ4n) is 4.07. The number of benzene rings is 1. The zero-order chi connectivity index (χ0) is 21.1. The Morgan fingerprint density at radius 2 is 1.90 bits per heavy atom. The Bertz CT molecular complexity index is 944. The fourth-order valence-corrected chi connectivity index (χ4v) is 4.07. The van der Waals surface area contributed by atoms with E-state index in [-0.39, 0.29) is 31.3 Å². The van der Waals surface area contributed by atoms with Gasteiger partial charge in [-0.3, -0.25) is 14.4 Å². The van der Waals surface area contributed by atoms with Crippen LogP contribution >= 0.6 is 0 Å². The maximum Gasteiger partial charge on any atom is 0.311 e. The number of anilines is 1. The Balaban J connectivity index is 1.63. The van der Waals surface area contributed by atoms with Gasteiger partial charge in [0.25, 0.3) is 0 Å². The third kappa shape index (κ3) is 4.11. The Morgan fingerprint density at radius 1 is 1.17 bits per heavy atom. The molecule has 0 unspecified atom stereocenters. The normalized spacial score (nSPS) is 16.3.